The van der Waals surface area contributed by atoms with E-state index in [2.05, 4.69) is 10.3 Å². The van der Waals surface area contributed by atoms with Crippen molar-refractivity contribution in [3.8, 4) is 16.3 Å². The van der Waals surface area contributed by atoms with E-state index < -0.39 is 0 Å². The third-order valence-corrected chi connectivity index (χ3v) is 4.78. The first-order valence-electron chi connectivity index (χ1n) is 8.03. The number of anilines is 2. The van der Waals surface area contributed by atoms with E-state index in [4.69, 9.17) is 4.74 Å². The van der Waals surface area contributed by atoms with Crippen molar-refractivity contribution in [2.45, 2.75) is 0 Å². The second-order valence-corrected chi connectivity index (χ2v) is 6.59. The molecule has 0 bridgehead atoms. The smallest absolute Gasteiger partial charge is 0.265 e. The number of benzene rings is 2. The average molecular weight is 365 g/mol. The van der Waals surface area contributed by atoms with Gasteiger partial charge in [0, 0.05) is 22.8 Å². The number of nitrogens with zero attached hydrogens (tertiary/aromatic N) is 2. The number of carbonyl (C=O) groups excluding carboxylic acids is 2. The molecule has 0 unspecified atom stereocenters. The van der Waals surface area contributed by atoms with Gasteiger partial charge in [-0.3, -0.25) is 14.5 Å². The van der Waals surface area contributed by atoms with Gasteiger partial charge in [-0.15, -0.1) is 11.3 Å². The lowest BCUT2D eigenvalue weighted by Crippen LogP contribution is -2.43. The number of fused-ring (bicyclic) bond motifs is 1. The van der Waals surface area contributed by atoms with Crippen molar-refractivity contribution in [3.05, 3.63) is 60.1 Å². The van der Waals surface area contributed by atoms with Crippen LogP contribution in [0.2, 0.25) is 0 Å². The normalized spacial score (nSPS) is 13.1. The van der Waals surface area contributed by atoms with Gasteiger partial charge in [-0.2, -0.15) is 0 Å². The zero-order valence-corrected chi connectivity index (χ0v) is 14.5. The van der Waals surface area contributed by atoms with E-state index in [1.165, 1.54) is 4.90 Å². The number of nitrogens with one attached hydrogen (secondary N) is 1. The van der Waals surface area contributed by atoms with Gasteiger partial charge in [0.15, 0.2) is 6.61 Å². The highest BCUT2D eigenvalue weighted by atomic mass is 32.1. The molecule has 3 aromatic rings. The summed E-state index contributed by atoms with van der Waals surface area (Å²) in [6.45, 7) is -0.125. The van der Waals surface area contributed by atoms with Gasteiger partial charge in [0.05, 0.1) is 5.69 Å². The first-order valence-corrected chi connectivity index (χ1v) is 8.90. The van der Waals surface area contributed by atoms with Gasteiger partial charge in [-0.05, 0) is 36.4 Å². The van der Waals surface area contributed by atoms with E-state index in [0.717, 1.165) is 10.6 Å². The molecule has 0 spiro atoms. The van der Waals surface area contributed by atoms with Crippen molar-refractivity contribution < 1.29 is 14.3 Å². The van der Waals surface area contributed by atoms with Crippen molar-refractivity contribution in [2.75, 3.05) is 23.4 Å². The SMILES string of the molecule is O=C(CN1C(=O)COc2ccccc21)Nc1ccc(-c2nccs2)cc1. The molecule has 0 radical (unpaired) electrons. The molecule has 2 heterocycles. The van der Waals surface area contributed by atoms with Crippen molar-refractivity contribution >= 4 is 34.5 Å². The van der Waals surface area contributed by atoms with Crippen LogP contribution >= 0.6 is 11.3 Å². The molecule has 0 saturated heterocycles. The Morgan fingerprint density at radius 2 is 2.00 bits per heavy atom. The van der Waals surface area contributed by atoms with E-state index in [-0.39, 0.29) is 25.0 Å². The zero-order valence-electron chi connectivity index (χ0n) is 13.7. The largest absolute Gasteiger partial charge is 0.482 e. The number of ether oxygens (including phenoxy) is 1. The van der Waals surface area contributed by atoms with Crippen LogP contribution in [0.3, 0.4) is 0 Å². The average Bonchev–Trinajstić information content (AvgIpc) is 3.19. The molecule has 0 fully saturated rings. The molecule has 0 aliphatic carbocycles. The minimum Gasteiger partial charge on any atom is -0.482 e. The fourth-order valence-corrected chi connectivity index (χ4v) is 3.38. The summed E-state index contributed by atoms with van der Waals surface area (Å²) >= 11 is 1.56. The third-order valence-electron chi connectivity index (χ3n) is 3.96. The van der Waals surface area contributed by atoms with Gasteiger partial charge in [0.1, 0.15) is 17.3 Å². The molecule has 7 heteroatoms. The van der Waals surface area contributed by atoms with Crippen molar-refractivity contribution in [2.24, 2.45) is 0 Å². The van der Waals surface area contributed by atoms with Crippen LogP contribution in [-0.4, -0.2) is 29.9 Å². The summed E-state index contributed by atoms with van der Waals surface area (Å²) in [6, 6.07) is 14.6. The lowest BCUT2D eigenvalue weighted by atomic mass is 10.2. The standard InChI is InChI=1S/C19H15N3O3S/c23-17(11-22-15-3-1-2-4-16(15)25-12-18(22)24)21-14-7-5-13(6-8-14)19-20-9-10-26-19/h1-10H,11-12H2,(H,21,23). The van der Waals surface area contributed by atoms with E-state index in [9.17, 15) is 9.59 Å². The topological polar surface area (TPSA) is 71.5 Å². The fourth-order valence-electron chi connectivity index (χ4n) is 2.73. The Hall–Kier alpha value is -3.19. The molecule has 2 aromatic carbocycles. The lowest BCUT2D eigenvalue weighted by molar-refractivity contribution is -0.123. The monoisotopic (exact) mass is 365 g/mol. The van der Waals surface area contributed by atoms with Gasteiger partial charge < -0.3 is 10.1 Å². The predicted octanol–water partition coefficient (Wildman–Crippen LogP) is 3.17. The zero-order chi connectivity index (χ0) is 17.9. The number of para-hydroxylation sites is 2. The maximum Gasteiger partial charge on any atom is 0.265 e. The fraction of sp³-hybridized carbons (Fsp3) is 0.105. The molecule has 1 aromatic heterocycles. The first-order chi connectivity index (χ1) is 12.7. The highest BCUT2D eigenvalue weighted by molar-refractivity contribution is 7.13. The minimum atomic E-state index is -0.267. The summed E-state index contributed by atoms with van der Waals surface area (Å²) in [4.78, 5) is 30.2. The molecular weight excluding hydrogens is 350 g/mol. The summed E-state index contributed by atoms with van der Waals surface area (Å²) in [5.41, 5.74) is 2.28. The summed E-state index contributed by atoms with van der Waals surface area (Å²) in [5.74, 6) is 0.0997. The quantitative estimate of drug-likeness (QED) is 0.771. The summed E-state index contributed by atoms with van der Waals surface area (Å²) in [5, 5.41) is 5.67. The van der Waals surface area contributed by atoms with Crippen LogP contribution in [0.4, 0.5) is 11.4 Å². The summed E-state index contributed by atoms with van der Waals surface area (Å²) in [6.07, 6.45) is 1.76. The van der Waals surface area contributed by atoms with Crippen LogP contribution in [0.25, 0.3) is 10.6 Å². The van der Waals surface area contributed by atoms with Crippen molar-refractivity contribution in [3.63, 3.8) is 0 Å². The van der Waals surface area contributed by atoms with E-state index in [0.29, 0.717) is 17.1 Å². The predicted molar refractivity (Wildman–Crippen MR) is 100 cm³/mol. The number of thiazole rings is 1. The second kappa shape index (κ2) is 6.97. The molecule has 4 rings (SSSR count). The van der Waals surface area contributed by atoms with Gasteiger partial charge >= 0.3 is 0 Å². The van der Waals surface area contributed by atoms with Gasteiger partial charge in [-0.1, -0.05) is 12.1 Å². The minimum absolute atomic E-state index is 0.0621. The molecule has 1 N–H and O–H groups in total. The molecule has 1 aliphatic heterocycles. The Morgan fingerprint density at radius 3 is 2.77 bits per heavy atom. The van der Waals surface area contributed by atoms with Gasteiger partial charge in [-0.25, -0.2) is 4.98 Å². The second-order valence-electron chi connectivity index (χ2n) is 5.70. The number of hydrogen-bond acceptors (Lipinski definition) is 5. The van der Waals surface area contributed by atoms with Crippen LogP contribution in [0.1, 0.15) is 0 Å². The number of rotatable bonds is 4. The highest BCUT2D eigenvalue weighted by Gasteiger charge is 2.26. The van der Waals surface area contributed by atoms with E-state index in [1.807, 2.05) is 41.8 Å². The highest BCUT2D eigenvalue weighted by Crippen LogP contribution is 2.31. The van der Waals surface area contributed by atoms with Gasteiger partial charge in [0.2, 0.25) is 5.91 Å². The maximum absolute atomic E-state index is 12.4. The Kier molecular flexibility index (Phi) is 4.37. The Morgan fingerprint density at radius 1 is 1.19 bits per heavy atom. The first kappa shape index (κ1) is 16.3. The summed E-state index contributed by atoms with van der Waals surface area (Å²) in [7, 11) is 0. The number of aromatic nitrogens is 1. The van der Waals surface area contributed by atoms with Crippen LogP contribution < -0.4 is 15.0 Å². The number of amides is 2. The number of carbonyl (C=O) groups is 2. The summed E-state index contributed by atoms with van der Waals surface area (Å²) < 4.78 is 5.39. The van der Waals surface area contributed by atoms with Crippen molar-refractivity contribution in [1.82, 2.24) is 4.98 Å². The Bertz CT molecular complexity index is 939. The molecule has 1 aliphatic rings. The van der Waals surface area contributed by atoms with Crippen LogP contribution in [0.5, 0.6) is 5.75 Å². The van der Waals surface area contributed by atoms with Crippen molar-refractivity contribution in [1.29, 1.82) is 0 Å². The molecule has 2 amide bonds. The van der Waals surface area contributed by atoms with Crippen LogP contribution in [-0.2, 0) is 9.59 Å². The Balaban J connectivity index is 1.45. The lowest BCUT2D eigenvalue weighted by Gasteiger charge is -2.28. The molecule has 130 valence electrons. The molecule has 26 heavy (non-hydrogen) atoms. The van der Waals surface area contributed by atoms with E-state index >= 15 is 0 Å². The molecule has 0 atom stereocenters. The third kappa shape index (κ3) is 3.29. The maximum atomic E-state index is 12.4. The molecular formula is C19H15N3O3S. The van der Waals surface area contributed by atoms with Crippen LogP contribution in [0.15, 0.2) is 60.1 Å². The van der Waals surface area contributed by atoms with E-state index in [1.54, 1.807) is 29.7 Å². The molecule has 0 saturated carbocycles. The molecule has 6 nitrogen and oxygen atoms in total. The van der Waals surface area contributed by atoms with Gasteiger partial charge in [0.25, 0.3) is 5.91 Å². The number of hydrogen-bond donors (Lipinski definition) is 1. The Labute approximate surface area is 154 Å². The van der Waals surface area contributed by atoms with Crippen LogP contribution in [0, 0.1) is 0 Å².